The van der Waals surface area contributed by atoms with Crippen LogP contribution in [0.2, 0.25) is 0 Å². The van der Waals surface area contributed by atoms with Crippen LogP contribution in [0.5, 0.6) is 0 Å². The highest BCUT2D eigenvalue weighted by Crippen LogP contribution is 2.57. The minimum Gasteiger partial charge on any atom is -0.352 e. The van der Waals surface area contributed by atoms with Crippen LogP contribution in [-0.2, 0) is 19.1 Å². The first-order valence-electron chi connectivity index (χ1n) is 15.9. The maximum Gasteiger partial charge on any atom is 0.291 e. The van der Waals surface area contributed by atoms with Gasteiger partial charge in [0.15, 0.2) is 11.6 Å². The van der Waals surface area contributed by atoms with Gasteiger partial charge in [0, 0.05) is 37.0 Å². The summed E-state index contributed by atoms with van der Waals surface area (Å²) in [6.45, 7) is 10.6. The van der Waals surface area contributed by atoms with Crippen LogP contribution in [0.4, 0.5) is 5.69 Å². The smallest absolute Gasteiger partial charge is 0.291 e. The van der Waals surface area contributed by atoms with Crippen molar-refractivity contribution in [2.75, 3.05) is 12.4 Å². The first kappa shape index (κ1) is 31.4. The fraction of sp³-hybridized carbons (Fsp3) is 0.618. The molecule has 4 aliphatic rings. The topological polar surface area (TPSA) is 108 Å². The SMILES string of the molecule is CCC[C@@]12CC(c3ccc(NC(=O)C(=NC)N/C=C/C#N)c(C4=CCC(C)CC4)c3)C[C@@](CC)(O1)N1OC(C)(C)O[C@@H]1C2. The second-order valence-corrected chi connectivity index (χ2v) is 13.1. The van der Waals surface area contributed by atoms with Gasteiger partial charge >= 0.3 is 0 Å². The number of ether oxygens (including phenoxy) is 2. The zero-order chi connectivity index (χ0) is 30.8. The first-order valence-corrected chi connectivity index (χ1v) is 15.9. The van der Waals surface area contributed by atoms with Crippen LogP contribution in [0.25, 0.3) is 5.57 Å². The maximum atomic E-state index is 13.2. The Balaban J connectivity index is 1.50. The number of fused-ring (bicyclic) bond motifs is 4. The third kappa shape index (κ3) is 6.44. The Bertz CT molecular complexity index is 1350. The van der Waals surface area contributed by atoms with E-state index in [1.807, 2.05) is 31.0 Å². The third-order valence-corrected chi connectivity index (χ3v) is 9.40. The number of benzene rings is 1. The predicted octanol–water partition coefficient (Wildman–Crippen LogP) is 6.75. The summed E-state index contributed by atoms with van der Waals surface area (Å²) in [6.07, 6.45) is 13.3. The molecule has 0 radical (unpaired) electrons. The van der Waals surface area contributed by atoms with Gasteiger partial charge in [-0.25, -0.2) is 0 Å². The Hall–Kier alpha value is -3.03. The molecule has 9 heteroatoms. The van der Waals surface area contributed by atoms with Gasteiger partial charge in [0.05, 0.1) is 11.7 Å². The normalized spacial score (nSPS) is 32.2. The summed E-state index contributed by atoms with van der Waals surface area (Å²) in [7, 11) is 1.55. The van der Waals surface area contributed by atoms with Crippen molar-refractivity contribution >= 4 is 23.0 Å². The summed E-state index contributed by atoms with van der Waals surface area (Å²) in [5.74, 6) is 0.00482. The number of aliphatic imine (C=N–C) groups is 1. The Morgan fingerprint density at radius 1 is 1.26 bits per heavy atom. The van der Waals surface area contributed by atoms with Gasteiger partial charge in [-0.3, -0.25) is 14.6 Å². The van der Waals surface area contributed by atoms with E-state index in [1.165, 1.54) is 23.4 Å². The number of carbonyl (C=O) groups excluding carboxylic acids is 1. The van der Waals surface area contributed by atoms with E-state index in [1.54, 1.807) is 7.05 Å². The van der Waals surface area contributed by atoms with Crippen LogP contribution in [-0.4, -0.2) is 47.2 Å². The van der Waals surface area contributed by atoms with E-state index in [4.69, 9.17) is 19.6 Å². The number of nitrogens with one attached hydrogen (secondary N) is 2. The number of hydrogen-bond donors (Lipinski definition) is 2. The Labute approximate surface area is 256 Å². The molecule has 1 aromatic carbocycles. The molecule has 9 nitrogen and oxygen atoms in total. The summed E-state index contributed by atoms with van der Waals surface area (Å²) in [4.78, 5) is 23.7. The van der Waals surface area contributed by atoms with E-state index < -0.39 is 11.5 Å². The fourth-order valence-electron chi connectivity index (χ4n) is 7.42. The lowest BCUT2D eigenvalue weighted by Crippen LogP contribution is -2.66. The van der Waals surface area contributed by atoms with E-state index in [0.29, 0.717) is 5.92 Å². The number of nitrogens with zero attached hydrogens (tertiary/aromatic N) is 3. The standard InChI is InChI=1S/C34H47N5O4/c1-7-16-33-20-26(21-34(8-2,42-33)39-29(22-33)41-32(4,5)43-39)25-14-15-28(27(19-25)24-12-10-23(3)11-13-24)38-31(40)30(36-6)37-18-9-17-35/h9,12,14-15,18-19,23,26,29H,7-8,10-11,13,16,20-22H2,1-6H3,(H,36,37)(H,38,40)/b18-9+/t23?,26?,29-,33+,34-/m1/s1. The molecule has 2 N–H and O–H groups in total. The van der Waals surface area contributed by atoms with Gasteiger partial charge in [-0.15, -0.1) is 5.06 Å². The maximum absolute atomic E-state index is 13.2. The highest BCUT2D eigenvalue weighted by Gasteiger charge is 2.63. The molecule has 3 fully saturated rings. The van der Waals surface area contributed by atoms with E-state index in [9.17, 15) is 4.79 Å². The van der Waals surface area contributed by atoms with Crippen LogP contribution >= 0.6 is 0 Å². The monoisotopic (exact) mass is 589 g/mol. The van der Waals surface area contributed by atoms with Crippen molar-refractivity contribution in [1.29, 1.82) is 5.26 Å². The molecule has 3 heterocycles. The Morgan fingerprint density at radius 3 is 2.74 bits per heavy atom. The van der Waals surface area contributed by atoms with E-state index >= 15 is 0 Å². The van der Waals surface area contributed by atoms with Gasteiger partial charge in [-0.05, 0) is 93.9 Å². The molecular formula is C34H47N5O4. The van der Waals surface area contributed by atoms with Gasteiger partial charge in [0.2, 0.25) is 0 Å². The minimum absolute atomic E-state index is 0.121. The molecule has 5 atom stereocenters. The number of anilines is 1. The largest absolute Gasteiger partial charge is 0.352 e. The first-order chi connectivity index (χ1) is 20.6. The fourth-order valence-corrected chi connectivity index (χ4v) is 7.42. The van der Waals surface area contributed by atoms with Gasteiger partial charge < -0.3 is 20.1 Å². The quantitative estimate of drug-likeness (QED) is 0.206. The summed E-state index contributed by atoms with van der Waals surface area (Å²) < 4.78 is 13.5. The molecule has 232 valence electrons. The van der Waals surface area contributed by atoms with Crippen LogP contribution in [0.1, 0.15) is 109 Å². The number of allylic oxidation sites excluding steroid dienone is 3. The van der Waals surface area contributed by atoms with Crippen LogP contribution in [0, 0.1) is 17.2 Å². The van der Waals surface area contributed by atoms with E-state index in [0.717, 1.165) is 69.0 Å². The zero-order valence-electron chi connectivity index (χ0n) is 26.5. The molecule has 5 rings (SSSR count). The van der Waals surface area contributed by atoms with Crippen molar-refractivity contribution in [3.63, 3.8) is 0 Å². The molecule has 3 saturated heterocycles. The Morgan fingerprint density at radius 2 is 2.07 bits per heavy atom. The van der Waals surface area contributed by atoms with Crippen molar-refractivity contribution < 1.29 is 19.1 Å². The van der Waals surface area contributed by atoms with E-state index in [-0.39, 0.29) is 29.5 Å². The van der Waals surface area contributed by atoms with Crippen molar-refractivity contribution in [2.45, 2.75) is 122 Å². The number of hydrogen-bond acceptors (Lipinski definition) is 7. The van der Waals surface area contributed by atoms with Crippen LogP contribution < -0.4 is 10.6 Å². The van der Waals surface area contributed by atoms with Crippen LogP contribution in [0.3, 0.4) is 0 Å². The second kappa shape index (κ2) is 12.5. The molecule has 1 aliphatic carbocycles. The van der Waals surface area contributed by atoms with Gasteiger partial charge in [-0.1, -0.05) is 39.3 Å². The second-order valence-electron chi connectivity index (χ2n) is 13.1. The summed E-state index contributed by atoms with van der Waals surface area (Å²) in [5.41, 5.74) is 3.48. The minimum atomic E-state index is -0.686. The number of rotatable bonds is 7. The number of amidine groups is 1. The molecular weight excluding hydrogens is 542 g/mol. The van der Waals surface area contributed by atoms with Crippen molar-refractivity contribution in [3.8, 4) is 6.07 Å². The molecule has 0 spiro atoms. The lowest BCUT2D eigenvalue weighted by Gasteiger charge is -2.59. The molecule has 3 aliphatic heterocycles. The van der Waals surface area contributed by atoms with Crippen LogP contribution in [0.15, 0.2) is 41.5 Å². The van der Waals surface area contributed by atoms with Gasteiger partial charge in [0.25, 0.3) is 5.91 Å². The highest BCUT2D eigenvalue weighted by atomic mass is 16.9. The zero-order valence-corrected chi connectivity index (χ0v) is 26.5. The van der Waals surface area contributed by atoms with Crippen molar-refractivity contribution in [2.24, 2.45) is 10.9 Å². The molecule has 0 aromatic heterocycles. The Kier molecular flexibility index (Phi) is 9.15. The summed E-state index contributed by atoms with van der Waals surface area (Å²) in [6, 6.07) is 8.41. The lowest BCUT2D eigenvalue weighted by molar-refractivity contribution is -0.397. The van der Waals surface area contributed by atoms with Gasteiger partial charge in [0.1, 0.15) is 12.0 Å². The number of hydroxylamine groups is 2. The molecule has 1 aromatic rings. The molecule has 43 heavy (non-hydrogen) atoms. The highest BCUT2D eigenvalue weighted by molar-refractivity contribution is 6.42. The van der Waals surface area contributed by atoms with Crippen molar-refractivity contribution in [1.82, 2.24) is 10.4 Å². The molecule has 2 unspecified atom stereocenters. The number of nitriles is 1. The third-order valence-electron chi connectivity index (χ3n) is 9.40. The number of amides is 1. The number of carbonyl (C=O) groups is 1. The molecule has 0 saturated carbocycles. The molecule has 1 amide bonds. The summed E-state index contributed by atoms with van der Waals surface area (Å²) in [5, 5.41) is 16.7. The lowest BCUT2D eigenvalue weighted by atomic mass is 9.71. The average Bonchev–Trinajstić information content (AvgIpc) is 3.29. The van der Waals surface area contributed by atoms with Crippen molar-refractivity contribution in [3.05, 3.63) is 47.7 Å². The van der Waals surface area contributed by atoms with E-state index in [2.05, 4.69) is 54.6 Å². The van der Waals surface area contributed by atoms with Gasteiger partial charge in [-0.2, -0.15) is 5.26 Å². The molecule has 2 bridgehead atoms. The summed E-state index contributed by atoms with van der Waals surface area (Å²) >= 11 is 0. The predicted molar refractivity (Wildman–Crippen MR) is 168 cm³/mol. The average molecular weight is 590 g/mol.